The van der Waals surface area contributed by atoms with E-state index >= 15 is 0 Å². The molecule has 0 radical (unpaired) electrons. The standard InChI is InChI=1S/C12H12F2N2O3/c1-16(2)5-4-8(17)11-10(14)9(12(18)19-3)7(13)6-15-11/h4-6H,1-3H3/b5-4+. The van der Waals surface area contributed by atoms with E-state index in [1.165, 1.54) is 6.20 Å². The summed E-state index contributed by atoms with van der Waals surface area (Å²) < 4.78 is 31.4. The second kappa shape index (κ2) is 6.03. The van der Waals surface area contributed by atoms with Gasteiger partial charge >= 0.3 is 5.97 Å². The van der Waals surface area contributed by atoms with Crippen LogP contribution in [0, 0.1) is 11.6 Å². The summed E-state index contributed by atoms with van der Waals surface area (Å²) in [7, 11) is 4.31. The van der Waals surface area contributed by atoms with Gasteiger partial charge in [-0.05, 0) is 0 Å². The molecule has 7 heteroatoms. The van der Waals surface area contributed by atoms with E-state index in [-0.39, 0.29) is 0 Å². The van der Waals surface area contributed by atoms with Crippen LogP contribution in [0.1, 0.15) is 20.8 Å². The molecule has 0 saturated carbocycles. The van der Waals surface area contributed by atoms with Gasteiger partial charge in [0.1, 0.15) is 11.3 Å². The van der Waals surface area contributed by atoms with E-state index in [1.807, 2.05) is 0 Å². The predicted octanol–water partition coefficient (Wildman–Crippen LogP) is 1.40. The molecule has 0 unspecified atom stereocenters. The van der Waals surface area contributed by atoms with Crippen molar-refractivity contribution in [3.8, 4) is 0 Å². The molecule has 0 aliphatic carbocycles. The number of ether oxygens (including phenoxy) is 1. The Morgan fingerprint density at radius 3 is 2.53 bits per heavy atom. The summed E-state index contributed by atoms with van der Waals surface area (Å²) in [5.74, 6) is -4.50. The Balaban J connectivity index is 3.24. The zero-order valence-corrected chi connectivity index (χ0v) is 10.6. The number of rotatable bonds is 4. The molecular weight excluding hydrogens is 258 g/mol. The summed E-state index contributed by atoms with van der Waals surface area (Å²) in [5, 5.41) is 0. The molecular formula is C12H12F2N2O3. The molecule has 0 amide bonds. The van der Waals surface area contributed by atoms with Gasteiger partial charge in [0.25, 0.3) is 0 Å². The van der Waals surface area contributed by atoms with Gasteiger partial charge in [0, 0.05) is 26.4 Å². The van der Waals surface area contributed by atoms with Gasteiger partial charge in [-0.25, -0.2) is 18.6 Å². The largest absolute Gasteiger partial charge is 0.465 e. The number of carbonyl (C=O) groups excluding carboxylic acids is 2. The lowest BCUT2D eigenvalue weighted by molar-refractivity contribution is 0.0589. The summed E-state index contributed by atoms with van der Waals surface area (Å²) in [6, 6.07) is 0. The molecule has 1 rings (SSSR count). The van der Waals surface area contributed by atoms with Crippen LogP contribution in [0.5, 0.6) is 0 Å². The van der Waals surface area contributed by atoms with E-state index < -0.39 is 34.6 Å². The minimum atomic E-state index is -1.33. The van der Waals surface area contributed by atoms with Crippen LogP contribution in [-0.2, 0) is 4.74 Å². The monoisotopic (exact) mass is 270 g/mol. The smallest absolute Gasteiger partial charge is 0.344 e. The molecule has 1 aromatic heterocycles. The first-order valence-electron chi connectivity index (χ1n) is 5.19. The highest BCUT2D eigenvalue weighted by atomic mass is 19.1. The Kier molecular flexibility index (Phi) is 4.68. The Hall–Kier alpha value is -2.31. The van der Waals surface area contributed by atoms with Gasteiger partial charge in [-0.3, -0.25) is 4.79 Å². The first kappa shape index (κ1) is 14.7. The van der Waals surface area contributed by atoms with Crippen molar-refractivity contribution in [2.24, 2.45) is 0 Å². The number of hydrogen-bond acceptors (Lipinski definition) is 5. The van der Waals surface area contributed by atoms with Gasteiger partial charge in [0.2, 0.25) is 5.78 Å². The number of carbonyl (C=O) groups is 2. The Morgan fingerprint density at radius 2 is 2.00 bits per heavy atom. The van der Waals surface area contributed by atoms with Crippen molar-refractivity contribution in [3.63, 3.8) is 0 Å². The molecule has 19 heavy (non-hydrogen) atoms. The first-order chi connectivity index (χ1) is 8.88. The van der Waals surface area contributed by atoms with Crippen LogP contribution in [0.2, 0.25) is 0 Å². The number of halogens is 2. The SMILES string of the molecule is COC(=O)c1c(F)cnc(C(=O)/C=C/N(C)C)c1F. The van der Waals surface area contributed by atoms with E-state index in [0.29, 0.717) is 6.20 Å². The van der Waals surface area contributed by atoms with Crippen LogP contribution in [0.15, 0.2) is 18.5 Å². The molecule has 5 nitrogen and oxygen atoms in total. The average Bonchev–Trinajstić information content (AvgIpc) is 2.35. The maximum absolute atomic E-state index is 13.9. The lowest BCUT2D eigenvalue weighted by atomic mass is 10.1. The second-order valence-electron chi connectivity index (χ2n) is 3.78. The van der Waals surface area contributed by atoms with Crippen LogP contribution in [-0.4, -0.2) is 42.8 Å². The van der Waals surface area contributed by atoms with Gasteiger partial charge in [-0.2, -0.15) is 0 Å². The fourth-order valence-electron chi connectivity index (χ4n) is 1.22. The number of methoxy groups -OCH3 is 1. The molecule has 0 bridgehead atoms. The molecule has 0 atom stereocenters. The van der Waals surface area contributed by atoms with Gasteiger partial charge in [0.05, 0.1) is 13.3 Å². The Labute approximate surface area is 108 Å². The van der Waals surface area contributed by atoms with Crippen molar-refractivity contribution in [1.82, 2.24) is 9.88 Å². The number of allylic oxidation sites excluding steroid dienone is 1. The van der Waals surface area contributed by atoms with E-state index in [9.17, 15) is 18.4 Å². The third-order valence-corrected chi connectivity index (χ3v) is 2.12. The lowest BCUT2D eigenvalue weighted by Crippen LogP contribution is -2.14. The third-order valence-electron chi connectivity index (χ3n) is 2.12. The minimum absolute atomic E-state index is 0.603. The fraction of sp³-hybridized carbons (Fsp3) is 0.250. The van der Waals surface area contributed by atoms with Gasteiger partial charge < -0.3 is 9.64 Å². The van der Waals surface area contributed by atoms with Crippen LogP contribution in [0.3, 0.4) is 0 Å². The molecule has 0 aromatic carbocycles. The zero-order chi connectivity index (χ0) is 14.6. The number of pyridine rings is 1. The summed E-state index contributed by atoms with van der Waals surface area (Å²) in [5.41, 5.74) is -1.57. The van der Waals surface area contributed by atoms with Gasteiger partial charge in [-0.1, -0.05) is 0 Å². The number of aromatic nitrogens is 1. The fourth-order valence-corrected chi connectivity index (χ4v) is 1.22. The van der Waals surface area contributed by atoms with E-state index in [4.69, 9.17) is 0 Å². The number of esters is 1. The molecule has 0 aliphatic heterocycles. The molecule has 0 spiro atoms. The molecule has 0 N–H and O–H groups in total. The van der Waals surface area contributed by atoms with Crippen LogP contribution in [0.25, 0.3) is 0 Å². The average molecular weight is 270 g/mol. The number of ketones is 1. The van der Waals surface area contributed by atoms with Crippen molar-refractivity contribution in [2.75, 3.05) is 21.2 Å². The van der Waals surface area contributed by atoms with Crippen LogP contribution < -0.4 is 0 Å². The topological polar surface area (TPSA) is 59.5 Å². The van der Waals surface area contributed by atoms with Gasteiger partial charge in [0.15, 0.2) is 11.6 Å². The van der Waals surface area contributed by atoms with Crippen molar-refractivity contribution >= 4 is 11.8 Å². The van der Waals surface area contributed by atoms with E-state index in [2.05, 4.69) is 9.72 Å². The third kappa shape index (κ3) is 3.34. The summed E-state index contributed by atoms with van der Waals surface area (Å²) in [6.07, 6.45) is 3.04. The summed E-state index contributed by atoms with van der Waals surface area (Å²) in [4.78, 5) is 27.8. The molecule has 1 heterocycles. The number of hydrogen-bond donors (Lipinski definition) is 0. The van der Waals surface area contributed by atoms with Crippen LogP contribution in [0.4, 0.5) is 8.78 Å². The van der Waals surface area contributed by atoms with Crippen LogP contribution >= 0.6 is 0 Å². The Morgan fingerprint density at radius 1 is 1.37 bits per heavy atom. The van der Waals surface area contributed by atoms with Crippen molar-refractivity contribution in [3.05, 3.63) is 41.4 Å². The van der Waals surface area contributed by atoms with Crippen molar-refractivity contribution < 1.29 is 23.1 Å². The maximum atomic E-state index is 13.9. The summed E-state index contributed by atoms with van der Waals surface area (Å²) >= 11 is 0. The zero-order valence-electron chi connectivity index (χ0n) is 10.6. The molecule has 0 saturated heterocycles. The highest BCUT2D eigenvalue weighted by Gasteiger charge is 2.24. The lowest BCUT2D eigenvalue weighted by Gasteiger charge is -2.06. The summed E-state index contributed by atoms with van der Waals surface area (Å²) in [6.45, 7) is 0. The highest BCUT2D eigenvalue weighted by Crippen LogP contribution is 2.16. The second-order valence-corrected chi connectivity index (χ2v) is 3.78. The van der Waals surface area contributed by atoms with Gasteiger partial charge in [-0.15, -0.1) is 0 Å². The first-order valence-corrected chi connectivity index (χ1v) is 5.19. The quantitative estimate of drug-likeness (QED) is 0.470. The molecule has 1 aromatic rings. The predicted molar refractivity (Wildman–Crippen MR) is 62.7 cm³/mol. The van der Waals surface area contributed by atoms with E-state index in [1.54, 1.807) is 19.0 Å². The molecule has 102 valence electrons. The van der Waals surface area contributed by atoms with Crippen molar-refractivity contribution in [1.29, 1.82) is 0 Å². The molecule has 0 aliphatic rings. The van der Waals surface area contributed by atoms with E-state index in [0.717, 1.165) is 13.2 Å². The maximum Gasteiger partial charge on any atom is 0.344 e. The minimum Gasteiger partial charge on any atom is -0.465 e. The molecule has 0 fully saturated rings. The Bertz CT molecular complexity index is 542. The van der Waals surface area contributed by atoms with Crippen molar-refractivity contribution in [2.45, 2.75) is 0 Å². The highest BCUT2D eigenvalue weighted by molar-refractivity contribution is 6.04. The number of nitrogens with zero attached hydrogens (tertiary/aromatic N) is 2. The normalized spacial score (nSPS) is 10.6.